The molecule has 0 radical (unpaired) electrons. The van der Waals surface area contributed by atoms with Gasteiger partial charge in [-0.15, -0.1) is 0 Å². The zero-order valence-electron chi connectivity index (χ0n) is 10.6. The van der Waals surface area contributed by atoms with Crippen LogP contribution < -0.4 is 0 Å². The molecular weight excluding hydrogens is 286 g/mol. The van der Waals surface area contributed by atoms with Crippen LogP contribution in [0.25, 0.3) is 0 Å². The normalized spacial score (nSPS) is 16.6. The van der Waals surface area contributed by atoms with Gasteiger partial charge in [0, 0.05) is 19.2 Å². The van der Waals surface area contributed by atoms with Crippen molar-refractivity contribution >= 4 is 21.6 Å². The zero-order chi connectivity index (χ0) is 13.9. The first-order valence-corrected chi connectivity index (χ1v) is 8.26. The molecule has 2 rings (SSSR count). The average Bonchev–Trinajstić information content (AvgIpc) is 2.32. The number of aliphatic hydroxyl groups excluding tert-OH is 1. The highest BCUT2D eigenvalue weighted by Crippen LogP contribution is 2.32. The van der Waals surface area contributed by atoms with Crippen molar-refractivity contribution in [1.29, 1.82) is 0 Å². The Morgan fingerprint density at radius 1 is 1.32 bits per heavy atom. The molecule has 0 bridgehead atoms. The predicted octanol–water partition coefficient (Wildman–Crippen LogP) is 2.27. The summed E-state index contributed by atoms with van der Waals surface area (Å²) in [5.74, 6) is 0. The molecular formula is C13H18ClNO3S. The van der Waals surface area contributed by atoms with Gasteiger partial charge in [0.1, 0.15) is 4.90 Å². The summed E-state index contributed by atoms with van der Waals surface area (Å²) < 4.78 is 26.8. The molecule has 0 atom stereocenters. The minimum atomic E-state index is -3.57. The number of sulfonamides is 1. The van der Waals surface area contributed by atoms with Crippen LogP contribution in [-0.4, -0.2) is 37.0 Å². The predicted molar refractivity (Wildman–Crippen MR) is 74.7 cm³/mol. The van der Waals surface area contributed by atoms with Gasteiger partial charge in [-0.2, -0.15) is 4.31 Å². The number of halogens is 1. The van der Waals surface area contributed by atoms with Gasteiger partial charge in [0.05, 0.1) is 5.02 Å². The van der Waals surface area contributed by atoms with Crippen molar-refractivity contribution in [2.24, 2.45) is 0 Å². The number of aliphatic hydroxyl groups is 1. The van der Waals surface area contributed by atoms with E-state index >= 15 is 0 Å². The molecule has 1 aliphatic rings. The maximum absolute atomic E-state index is 12.7. The molecule has 0 unspecified atom stereocenters. The molecule has 4 nitrogen and oxygen atoms in total. The Balaban J connectivity index is 2.31. The third kappa shape index (κ3) is 3.11. The van der Waals surface area contributed by atoms with Crippen molar-refractivity contribution in [2.45, 2.75) is 36.6 Å². The minimum absolute atomic E-state index is 0.0126. The van der Waals surface area contributed by atoms with E-state index in [1.54, 1.807) is 18.2 Å². The third-order valence-corrected chi connectivity index (χ3v) is 5.89. The maximum atomic E-state index is 12.7. The summed E-state index contributed by atoms with van der Waals surface area (Å²) >= 11 is 6.00. The van der Waals surface area contributed by atoms with E-state index in [1.807, 2.05) is 0 Å². The third-order valence-electron chi connectivity index (χ3n) is 3.44. The maximum Gasteiger partial charge on any atom is 0.244 e. The van der Waals surface area contributed by atoms with E-state index in [-0.39, 0.29) is 22.6 Å². The zero-order valence-corrected chi connectivity index (χ0v) is 12.2. The molecule has 19 heavy (non-hydrogen) atoms. The van der Waals surface area contributed by atoms with Gasteiger partial charge in [0.2, 0.25) is 10.0 Å². The van der Waals surface area contributed by atoms with E-state index in [0.29, 0.717) is 13.0 Å². The summed E-state index contributed by atoms with van der Waals surface area (Å²) in [5.41, 5.74) is 0. The van der Waals surface area contributed by atoms with E-state index in [1.165, 1.54) is 10.4 Å². The first-order chi connectivity index (χ1) is 9.07. The molecule has 0 aliphatic heterocycles. The Bertz CT molecular complexity index is 528. The van der Waals surface area contributed by atoms with Crippen molar-refractivity contribution in [2.75, 3.05) is 13.2 Å². The van der Waals surface area contributed by atoms with Crippen LogP contribution >= 0.6 is 11.6 Å². The second-order valence-electron chi connectivity index (χ2n) is 4.71. The SMILES string of the molecule is O=S(=O)(c1ccccc1Cl)N(CCCO)C1CCC1. The highest BCUT2D eigenvalue weighted by atomic mass is 35.5. The van der Waals surface area contributed by atoms with Gasteiger partial charge in [0.25, 0.3) is 0 Å². The molecule has 0 saturated heterocycles. The lowest BCUT2D eigenvalue weighted by atomic mass is 9.93. The van der Waals surface area contributed by atoms with Crippen molar-refractivity contribution in [3.8, 4) is 0 Å². The molecule has 1 N–H and O–H groups in total. The summed E-state index contributed by atoms with van der Waals surface area (Å²) in [4.78, 5) is 0.154. The lowest BCUT2D eigenvalue weighted by Gasteiger charge is -2.36. The van der Waals surface area contributed by atoms with Crippen LogP contribution in [0.2, 0.25) is 5.02 Å². The second-order valence-corrected chi connectivity index (χ2v) is 6.97. The topological polar surface area (TPSA) is 57.6 Å². The highest BCUT2D eigenvalue weighted by molar-refractivity contribution is 7.89. The summed E-state index contributed by atoms with van der Waals surface area (Å²) in [6.45, 7) is 0.329. The molecule has 1 aromatic rings. The van der Waals surface area contributed by atoms with Gasteiger partial charge in [0.15, 0.2) is 0 Å². The van der Waals surface area contributed by atoms with Gasteiger partial charge in [-0.3, -0.25) is 0 Å². The Labute approximate surface area is 119 Å². The Morgan fingerprint density at radius 3 is 2.53 bits per heavy atom. The Hall–Kier alpha value is -0.620. The molecule has 1 aliphatic carbocycles. The number of benzene rings is 1. The van der Waals surface area contributed by atoms with Gasteiger partial charge in [-0.05, 0) is 31.4 Å². The van der Waals surface area contributed by atoms with E-state index in [9.17, 15) is 8.42 Å². The van der Waals surface area contributed by atoms with E-state index in [4.69, 9.17) is 16.7 Å². The lowest BCUT2D eigenvalue weighted by molar-refractivity contribution is 0.198. The monoisotopic (exact) mass is 303 g/mol. The van der Waals surface area contributed by atoms with Crippen LogP contribution in [0.1, 0.15) is 25.7 Å². The van der Waals surface area contributed by atoms with E-state index in [0.717, 1.165) is 19.3 Å². The van der Waals surface area contributed by atoms with Crippen LogP contribution in [-0.2, 0) is 10.0 Å². The molecule has 0 amide bonds. The first-order valence-electron chi connectivity index (χ1n) is 6.44. The molecule has 0 aromatic heterocycles. The first kappa shape index (κ1) is 14.8. The van der Waals surface area contributed by atoms with Crippen LogP contribution in [0.15, 0.2) is 29.2 Å². The molecule has 0 spiro atoms. The molecule has 0 heterocycles. The smallest absolute Gasteiger partial charge is 0.244 e. The quantitative estimate of drug-likeness (QED) is 0.877. The fraction of sp³-hybridized carbons (Fsp3) is 0.538. The van der Waals surface area contributed by atoms with Crippen molar-refractivity contribution in [3.05, 3.63) is 29.3 Å². The summed E-state index contributed by atoms with van der Waals surface area (Å²) in [6.07, 6.45) is 3.27. The summed E-state index contributed by atoms with van der Waals surface area (Å²) in [5, 5.41) is 9.18. The largest absolute Gasteiger partial charge is 0.396 e. The second kappa shape index (κ2) is 6.22. The minimum Gasteiger partial charge on any atom is -0.396 e. The molecule has 6 heteroatoms. The highest BCUT2D eigenvalue weighted by Gasteiger charge is 2.35. The summed E-state index contributed by atoms with van der Waals surface area (Å²) in [7, 11) is -3.57. The number of nitrogens with zero attached hydrogens (tertiary/aromatic N) is 1. The van der Waals surface area contributed by atoms with Gasteiger partial charge in [-0.1, -0.05) is 30.2 Å². The van der Waals surface area contributed by atoms with Gasteiger partial charge < -0.3 is 5.11 Å². The van der Waals surface area contributed by atoms with Gasteiger partial charge in [-0.25, -0.2) is 8.42 Å². The number of hydrogen-bond donors (Lipinski definition) is 1. The lowest BCUT2D eigenvalue weighted by Crippen LogP contribution is -2.44. The standard InChI is InChI=1S/C13H18ClNO3S/c14-12-7-1-2-8-13(12)19(17,18)15(9-4-10-16)11-5-3-6-11/h1-2,7-8,11,16H,3-6,9-10H2. The molecule has 106 valence electrons. The van der Waals surface area contributed by atoms with E-state index < -0.39 is 10.0 Å². The van der Waals surface area contributed by atoms with Crippen molar-refractivity contribution in [3.63, 3.8) is 0 Å². The van der Waals surface area contributed by atoms with Crippen molar-refractivity contribution in [1.82, 2.24) is 4.31 Å². The van der Waals surface area contributed by atoms with Crippen LogP contribution in [0.3, 0.4) is 0 Å². The molecule has 1 fully saturated rings. The number of rotatable bonds is 6. The number of hydrogen-bond acceptors (Lipinski definition) is 3. The summed E-state index contributed by atoms with van der Waals surface area (Å²) in [6, 6.07) is 6.54. The van der Waals surface area contributed by atoms with Gasteiger partial charge >= 0.3 is 0 Å². The fourth-order valence-corrected chi connectivity index (χ4v) is 4.40. The van der Waals surface area contributed by atoms with Crippen LogP contribution in [0.4, 0.5) is 0 Å². The Kier molecular flexibility index (Phi) is 4.84. The van der Waals surface area contributed by atoms with Crippen LogP contribution in [0.5, 0.6) is 0 Å². The molecule has 1 saturated carbocycles. The average molecular weight is 304 g/mol. The van der Waals surface area contributed by atoms with Crippen LogP contribution in [0, 0.1) is 0 Å². The Morgan fingerprint density at radius 2 is 2.00 bits per heavy atom. The molecule has 1 aromatic carbocycles. The van der Waals surface area contributed by atoms with E-state index in [2.05, 4.69) is 0 Å². The fourth-order valence-electron chi connectivity index (χ4n) is 2.18. The van der Waals surface area contributed by atoms with Crippen molar-refractivity contribution < 1.29 is 13.5 Å².